The molecule has 2 aromatic rings. The van der Waals surface area contributed by atoms with Crippen molar-refractivity contribution in [3.63, 3.8) is 0 Å². The van der Waals surface area contributed by atoms with Crippen molar-refractivity contribution in [1.82, 2.24) is 0 Å². The molecule has 0 spiro atoms. The number of hydrogen-bond donors (Lipinski definition) is 1. The van der Waals surface area contributed by atoms with E-state index in [1.165, 1.54) is 18.2 Å². The van der Waals surface area contributed by atoms with Crippen LogP contribution >= 0.6 is 11.6 Å². The second kappa shape index (κ2) is 6.18. The quantitative estimate of drug-likeness (QED) is 0.876. The summed E-state index contributed by atoms with van der Waals surface area (Å²) in [7, 11) is 0. The predicted octanol–water partition coefficient (Wildman–Crippen LogP) is 4.72. The van der Waals surface area contributed by atoms with Crippen LogP contribution in [0.5, 0.6) is 11.5 Å². The first kappa shape index (κ1) is 16.6. The van der Waals surface area contributed by atoms with E-state index in [0.29, 0.717) is 12.1 Å². The summed E-state index contributed by atoms with van der Waals surface area (Å²) in [6, 6.07) is 8.09. The van der Waals surface area contributed by atoms with E-state index in [2.05, 4.69) is 0 Å². The Hall–Kier alpha value is -2.72. The fourth-order valence-corrected chi connectivity index (χ4v) is 2.01. The molecular formula is C15H7ClF3NO3. The first-order valence-corrected chi connectivity index (χ1v) is 6.42. The van der Waals surface area contributed by atoms with E-state index in [1.807, 2.05) is 0 Å². The highest BCUT2D eigenvalue weighted by Crippen LogP contribution is 2.39. The Kier molecular flexibility index (Phi) is 4.48. The number of ether oxygens (including phenoxy) is 1. The van der Waals surface area contributed by atoms with Crippen LogP contribution in [0, 0.1) is 11.3 Å². The van der Waals surface area contributed by atoms with Crippen molar-refractivity contribution < 1.29 is 27.8 Å². The van der Waals surface area contributed by atoms with E-state index < -0.39 is 28.3 Å². The van der Waals surface area contributed by atoms with Crippen LogP contribution in [-0.2, 0) is 6.18 Å². The fourth-order valence-electron chi connectivity index (χ4n) is 1.75. The van der Waals surface area contributed by atoms with Crippen LogP contribution in [0.15, 0.2) is 36.4 Å². The van der Waals surface area contributed by atoms with E-state index in [-0.39, 0.29) is 17.1 Å². The SMILES string of the molecule is N#Cc1cc(C(F)(F)F)cc(Cl)c1Oc1cccc(C(=O)O)c1. The molecule has 0 aliphatic heterocycles. The Bertz CT molecular complexity index is 813. The number of rotatable bonds is 3. The van der Waals surface area contributed by atoms with Crippen molar-refractivity contribution >= 4 is 17.6 Å². The van der Waals surface area contributed by atoms with Gasteiger partial charge in [-0.25, -0.2) is 4.79 Å². The standard InChI is InChI=1S/C15H7ClF3NO3/c16-12-6-10(15(17,18)19)4-9(7-20)13(12)23-11-3-1-2-8(5-11)14(21)22/h1-6H,(H,21,22). The van der Waals surface area contributed by atoms with Crippen LogP contribution in [0.1, 0.15) is 21.5 Å². The van der Waals surface area contributed by atoms with E-state index in [4.69, 9.17) is 26.7 Å². The third-order valence-corrected chi connectivity index (χ3v) is 3.07. The number of nitriles is 1. The molecule has 0 fully saturated rings. The lowest BCUT2D eigenvalue weighted by atomic mass is 10.1. The zero-order valence-corrected chi connectivity index (χ0v) is 11.9. The van der Waals surface area contributed by atoms with E-state index in [0.717, 1.165) is 6.07 Å². The number of hydrogen-bond acceptors (Lipinski definition) is 3. The molecular weight excluding hydrogens is 335 g/mol. The van der Waals surface area contributed by atoms with Gasteiger partial charge in [-0.15, -0.1) is 0 Å². The summed E-state index contributed by atoms with van der Waals surface area (Å²) in [6.45, 7) is 0. The molecule has 8 heteroatoms. The van der Waals surface area contributed by atoms with Crippen LogP contribution in [-0.4, -0.2) is 11.1 Å². The monoisotopic (exact) mass is 341 g/mol. The van der Waals surface area contributed by atoms with Crippen LogP contribution in [0.3, 0.4) is 0 Å². The summed E-state index contributed by atoms with van der Waals surface area (Å²) >= 11 is 5.78. The topological polar surface area (TPSA) is 70.3 Å². The van der Waals surface area contributed by atoms with Gasteiger partial charge in [0.1, 0.15) is 11.8 Å². The van der Waals surface area contributed by atoms with Crippen molar-refractivity contribution in [2.75, 3.05) is 0 Å². The van der Waals surface area contributed by atoms with Crippen LogP contribution < -0.4 is 4.74 Å². The summed E-state index contributed by atoms with van der Waals surface area (Å²) in [4.78, 5) is 10.9. The third kappa shape index (κ3) is 3.73. The number of nitrogens with zero attached hydrogens (tertiary/aromatic N) is 1. The molecule has 4 nitrogen and oxygen atoms in total. The smallest absolute Gasteiger partial charge is 0.416 e. The van der Waals surface area contributed by atoms with E-state index in [9.17, 15) is 18.0 Å². The van der Waals surface area contributed by atoms with Gasteiger partial charge in [-0.2, -0.15) is 18.4 Å². The lowest BCUT2D eigenvalue weighted by Crippen LogP contribution is -2.06. The Morgan fingerprint density at radius 3 is 2.52 bits per heavy atom. The number of carboxylic acid groups (broad SMARTS) is 1. The molecule has 0 amide bonds. The van der Waals surface area contributed by atoms with Gasteiger partial charge in [-0.3, -0.25) is 0 Å². The lowest BCUT2D eigenvalue weighted by Gasteiger charge is -2.13. The molecule has 1 N–H and O–H groups in total. The first-order valence-electron chi connectivity index (χ1n) is 6.04. The third-order valence-electron chi connectivity index (χ3n) is 2.79. The van der Waals surface area contributed by atoms with Gasteiger partial charge in [0.2, 0.25) is 0 Å². The van der Waals surface area contributed by atoms with Crippen LogP contribution in [0.2, 0.25) is 5.02 Å². The van der Waals surface area contributed by atoms with Gasteiger partial charge in [0.15, 0.2) is 5.75 Å². The Labute approximate surface area is 133 Å². The zero-order valence-electron chi connectivity index (χ0n) is 11.2. The number of halogens is 4. The first-order chi connectivity index (χ1) is 10.7. The molecule has 0 heterocycles. The van der Waals surface area contributed by atoms with Gasteiger partial charge < -0.3 is 9.84 Å². The molecule has 0 atom stereocenters. The highest BCUT2D eigenvalue weighted by molar-refractivity contribution is 6.32. The summed E-state index contributed by atoms with van der Waals surface area (Å²) in [6.07, 6.45) is -4.66. The molecule has 0 aliphatic rings. The number of aromatic carboxylic acids is 1. The van der Waals surface area contributed by atoms with Gasteiger partial charge in [-0.05, 0) is 30.3 Å². The van der Waals surface area contributed by atoms with Crippen molar-refractivity contribution in [2.45, 2.75) is 6.18 Å². The minimum Gasteiger partial charge on any atom is -0.478 e. The Balaban J connectivity index is 2.47. The zero-order chi connectivity index (χ0) is 17.2. The van der Waals surface area contributed by atoms with Crippen molar-refractivity contribution in [3.8, 4) is 17.6 Å². The van der Waals surface area contributed by atoms with Crippen LogP contribution in [0.25, 0.3) is 0 Å². The summed E-state index contributed by atoms with van der Waals surface area (Å²) in [5, 5.41) is 17.5. The summed E-state index contributed by atoms with van der Waals surface area (Å²) < 4.78 is 43.4. The highest BCUT2D eigenvalue weighted by Gasteiger charge is 2.32. The van der Waals surface area contributed by atoms with Gasteiger partial charge in [0, 0.05) is 0 Å². The Morgan fingerprint density at radius 2 is 1.96 bits per heavy atom. The maximum absolute atomic E-state index is 12.7. The van der Waals surface area contributed by atoms with E-state index in [1.54, 1.807) is 6.07 Å². The van der Waals surface area contributed by atoms with Gasteiger partial charge >= 0.3 is 12.1 Å². The van der Waals surface area contributed by atoms with Gasteiger partial charge in [-0.1, -0.05) is 17.7 Å². The number of carboxylic acids is 1. The number of alkyl halides is 3. The van der Waals surface area contributed by atoms with Crippen molar-refractivity contribution in [1.29, 1.82) is 5.26 Å². The van der Waals surface area contributed by atoms with Crippen molar-refractivity contribution in [3.05, 3.63) is 58.1 Å². The molecule has 0 saturated heterocycles. The molecule has 118 valence electrons. The largest absolute Gasteiger partial charge is 0.478 e. The molecule has 0 aromatic heterocycles. The molecule has 23 heavy (non-hydrogen) atoms. The summed E-state index contributed by atoms with van der Waals surface area (Å²) in [5.74, 6) is -1.44. The van der Waals surface area contributed by atoms with E-state index >= 15 is 0 Å². The summed E-state index contributed by atoms with van der Waals surface area (Å²) in [5.41, 5.74) is -1.57. The Morgan fingerprint density at radius 1 is 1.26 bits per heavy atom. The molecule has 0 bridgehead atoms. The molecule has 0 unspecified atom stereocenters. The second-order valence-corrected chi connectivity index (χ2v) is 4.79. The fraction of sp³-hybridized carbons (Fsp3) is 0.0667. The average Bonchev–Trinajstić information content (AvgIpc) is 2.48. The molecule has 2 aromatic carbocycles. The van der Waals surface area contributed by atoms with Crippen LogP contribution in [0.4, 0.5) is 13.2 Å². The van der Waals surface area contributed by atoms with Gasteiger partial charge in [0.05, 0.1) is 21.7 Å². The normalized spacial score (nSPS) is 10.9. The lowest BCUT2D eigenvalue weighted by molar-refractivity contribution is -0.137. The average molecular weight is 342 g/mol. The minimum atomic E-state index is -4.66. The molecule has 0 radical (unpaired) electrons. The second-order valence-electron chi connectivity index (χ2n) is 4.38. The van der Waals surface area contributed by atoms with Crippen molar-refractivity contribution in [2.24, 2.45) is 0 Å². The highest BCUT2D eigenvalue weighted by atomic mass is 35.5. The van der Waals surface area contributed by atoms with Gasteiger partial charge in [0.25, 0.3) is 0 Å². The maximum atomic E-state index is 12.7. The number of benzene rings is 2. The molecule has 2 rings (SSSR count). The number of carbonyl (C=O) groups is 1. The minimum absolute atomic E-state index is 0.0306. The predicted molar refractivity (Wildman–Crippen MR) is 74.6 cm³/mol. The maximum Gasteiger partial charge on any atom is 0.416 e. The molecule has 0 saturated carbocycles. The molecule has 0 aliphatic carbocycles.